The molecule has 2 amide bonds. The molecule has 0 saturated heterocycles. The van der Waals surface area contributed by atoms with Crippen molar-refractivity contribution >= 4 is 17.5 Å². The summed E-state index contributed by atoms with van der Waals surface area (Å²) in [5.74, 6) is -0.418. The van der Waals surface area contributed by atoms with Gasteiger partial charge in [-0.25, -0.2) is 0 Å². The van der Waals surface area contributed by atoms with Crippen LogP contribution in [0, 0.1) is 0 Å². The molecule has 144 valence electrons. The Morgan fingerprint density at radius 2 is 2.00 bits per heavy atom. The van der Waals surface area contributed by atoms with E-state index in [0.717, 1.165) is 6.42 Å². The van der Waals surface area contributed by atoms with E-state index in [1.165, 1.54) is 10.6 Å². The first-order valence-corrected chi connectivity index (χ1v) is 9.01. The molecule has 1 heterocycles. The van der Waals surface area contributed by atoms with E-state index >= 15 is 0 Å². The van der Waals surface area contributed by atoms with Gasteiger partial charge in [0.25, 0.3) is 11.5 Å². The predicted octanol–water partition coefficient (Wildman–Crippen LogP) is 2.03. The Kier molecular flexibility index (Phi) is 8.25. The van der Waals surface area contributed by atoms with Crippen LogP contribution in [0.15, 0.2) is 53.5 Å². The molecular weight excluding hydrogens is 346 g/mol. The highest BCUT2D eigenvalue weighted by Crippen LogP contribution is 2.11. The molecule has 27 heavy (non-hydrogen) atoms. The quantitative estimate of drug-likeness (QED) is 0.626. The van der Waals surface area contributed by atoms with Gasteiger partial charge in [0.05, 0.1) is 0 Å². The number of hydrogen-bond donors (Lipinski definition) is 2. The zero-order chi connectivity index (χ0) is 19.5. The van der Waals surface area contributed by atoms with Crippen LogP contribution in [0.2, 0.25) is 0 Å². The molecule has 0 spiro atoms. The lowest BCUT2D eigenvalue weighted by Gasteiger charge is -2.09. The summed E-state index contributed by atoms with van der Waals surface area (Å²) in [6.45, 7) is 4.02. The van der Waals surface area contributed by atoms with Crippen LogP contribution in [0.4, 0.5) is 5.69 Å². The Bertz CT molecular complexity index is 817. The number of carbonyl (C=O) groups excluding carboxylic acids is 2. The van der Waals surface area contributed by atoms with Gasteiger partial charge >= 0.3 is 0 Å². The number of hydrogen-bond acceptors (Lipinski definition) is 4. The van der Waals surface area contributed by atoms with Crippen molar-refractivity contribution in [2.24, 2.45) is 0 Å². The van der Waals surface area contributed by atoms with Crippen molar-refractivity contribution in [2.45, 2.75) is 26.3 Å². The van der Waals surface area contributed by atoms with Gasteiger partial charge in [0.2, 0.25) is 5.91 Å². The van der Waals surface area contributed by atoms with E-state index < -0.39 is 0 Å². The van der Waals surface area contributed by atoms with Crippen molar-refractivity contribution in [3.8, 4) is 0 Å². The van der Waals surface area contributed by atoms with Crippen LogP contribution >= 0.6 is 0 Å². The molecule has 7 heteroatoms. The third-order valence-corrected chi connectivity index (χ3v) is 3.84. The minimum absolute atomic E-state index is 0.145. The number of aromatic nitrogens is 1. The van der Waals surface area contributed by atoms with Gasteiger partial charge in [0.15, 0.2) is 0 Å². The van der Waals surface area contributed by atoms with E-state index in [2.05, 4.69) is 10.6 Å². The summed E-state index contributed by atoms with van der Waals surface area (Å²) >= 11 is 0. The lowest BCUT2D eigenvalue weighted by atomic mass is 10.2. The number of anilines is 1. The molecule has 0 saturated carbocycles. The highest BCUT2D eigenvalue weighted by Gasteiger charge is 2.08. The third-order valence-electron chi connectivity index (χ3n) is 3.84. The Morgan fingerprint density at radius 1 is 1.15 bits per heavy atom. The zero-order valence-electron chi connectivity index (χ0n) is 15.4. The van der Waals surface area contributed by atoms with Crippen LogP contribution < -0.4 is 16.2 Å². The molecule has 7 nitrogen and oxygen atoms in total. The molecule has 0 fully saturated rings. The molecule has 1 aromatic heterocycles. The van der Waals surface area contributed by atoms with Gasteiger partial charge < -0.3 is 19.9 Å². The second-order valence-corrected chi connectivity index (χ2v) is 5.92. The van der Waals surface area contributed by atoms with Gasteiger partial charge in [-0.05, 0) is 37.6 Å². The van der Waals surface area contributed by atoms with E-state index in [1.54, 1.807) is 42.6 Å². The average molecular weight is 371 g/mol. The number of ether oxygens (including phenoxy) is 1. The summed E-state index contributed by atoms with van der Waals surface area (Å²) in [5.41, 5.74) is 0.874. The molecule has 0 aliphatic carbocycles. The van der Waals surface area contributed by atoms with Crippen LogP contribution in [-0.2, 0) is 16.1 Å². The largest absolute Gasteiger partial charge is 0.382 e. The number of benzene rings is 1. The van der Waals surface area contributed by atoms with Crippen molar-refractivity contribution in [3.63, 3.8) is 0 Å². The van der Waals surface area contributed by atoms with E-state index in [9.17, 15) is 14.4 Å². The van der Waals surface area contributed by atoms with Crippen molar-refractivity contribution in [1.29, 1.82) is 0 Å². The molecule has 0 atom stereocenters. The molecule has 2 rings (SSSR count). The first-order chi connectivity index (χ1) is 13.1. The third kappa shape index (κ3) is 7.07. The maximum absolute atomic E-state index is 12.2. The molecule has 0 aliphatic rings. The average Bonchev–Trinajstić information content (AvgIpc) is 2.67. The molecule has 0 radical (unpaired) electrons. The van der Waals surface area contributed by atoms with Crippen molar-refractivity contribution in [2.75, 3.05) is 25.1 Å². The summed E-state index contributed by atoms with van der Waals surface area (Å²) in [5, 5.41) is 5.58. The fraction of sp³-hybridized carbons (Fsp3) is 0.350. The van der Waals surface area contributed by atoms with E-state index in [4.69, 9.17) is 4.74 Å². The summed E-state index contributed by atoms with van der Waals surface area (Å²) < 4.78 is 6.70. The Hall–Kier alpha value is -2.93. The number of amides is 2. The summed E-state index contributed by atoms with van der Waals surface area (Å²) in [6.07, 6.45) is 2.55. The fourth-order valence-corrected chi connectivity index (χ4v) is 2.45. The minimum Gasteiger partial charge on any atom is -0.382 e. The highest BCUT2D eigenvalue weighted by atomic mass is 16.5. The van der Waals surface area contributed by atoms with E-state index in [0.29, 0.717) is 37.6 Å². The number of aryl methyl sites for hydroxylation is 1. The van der Waals surface area contributed by atoms with Crippen LogP contribution in [0.3, 0.4) is 0 Å². The molecule has 2 aromatic rings. The highest BCUT2D eigenvalue weighted by molar-refractivity contribution is 5.97. The smallest absolute Gasteiger partial charge is 0.251 e. The van der Waals surface area contributed by atoms with E-state index in [-0.39, 0.29) is 23.8 Å². The molecule has 2 N–H and O–H groups in total. The molecule has 0 bridgehead atoms. The van der Waals surface area contributed by atoms with Crippen molar-refractivity contribution in [3.05, 3.63) is 64.6 Å². The maximum Gasteiger partial charge on any atom is 0.251 e. The topological polar surface area (TPSA) is 89.4 Å². The second-order valence-electron chi connectivity index (χ2n) is 5.92. The number of rotatable bonds is 10. The van der Waals surface area contributed by atoms with Crippen LogP contribution in [0.5, 0.6) is 0 Å². The molecule has 0 aliphatic heterocycles. The minimum atomic E-state index is -0.222. The Morgan fingerprint density at radius 3 is 2.78 bits per heavy atom. The van der Waals surface area contributed by atoms with Gasteiger partial charge in [-0.2, -0.15) is 0 Å². The lowest BCUT2D eigenvalue weighted by molar-refractivity contribution is -0.116. The molecule has 0 unspecified atom stereocenters. The SMILES string of the molecule is CCOCCCNC(=O)c1cccc(NC(=O)CCn2ccccc2=O)c1. The van der Waals surface area contributed by atoms with Crippen molar-refractivity contribution < 1.29 is 14.3 Å². The van der Waals surface area contributed by atoms with Gasteiger partial charge in [-0.1, -0.05) is 12.1 Å². The first kappa shape index (κ1) is 20.4. The normalized spacial score (nSPS) is 10.4. The Labute approximate surface area is 158 Å². The number of nitrogens with one attached hydrogen (secondary N) is 2. The zero-order valence-corrected chi connectivity index (χ0v) is 15.4. The maximum atomic E-state index is 12.2. The second kappa shape index (κ2) is 10.9. The number of pyridine rings is 1. The summed E-state index contributed by atoms with van der Waals surface area (Å²) in [6, 6.07) is 11.6. The van der Waals surface area contributed by atoms with Crippen molar-refractivity contribution in [1.82, 2.24) is 9.88 Å². The number of carbonyl (C=O) groups is 2. The lowest BCUT2D eigenvalue weighted by Crippen LogP contribution is -2.25. The van der Waals surface area contributed by atoms with Gasteiger partial charge in [0.1, 0.15) is 0 Å². The van der Waals surface area contributed by atoms with Gasteiger partial charge in [-0.3, -0.25) is 14.4 Å². The van der Waals surface area contributed by atoms with E-state index in [1.807, 2.05) is 6.92 Å². The van der Waals surface area contributed by atoms with Gasteiger partial charge in [0, 0.05) is 56.2 Å². The monoisotopic (exact) mass is 371 g/mol. The molecular formula is C20H25N3O4. The van der Waals surface area contributed by atoms with Crippen LogP contribution in [0.25, 0.3) is 0 Å². The summed E-state index contributed by atoms with van der Waals surface area (Å²) in [4.78, 5) is 35.9. The summed E-state index contributed by atoms with van der Waals surface area (Å²) in [7, 11) is 0. The number of nitrogens with zero attached hydrogens (tertiary/aromatic N) is 1. The predicted molar refractivity (Wildman–Crippen MR) is 104 cm³/mol. The fourth-order valence-electron chi connectivity index (χ4n) is 2.45. The Balaban J connectivity index is 1.83. The van der Waals surface area contributed by atoms with Crippen LogP contribution in [0.1, 0.15) is 30.1 Å². The van der Waals surface area contributed by atoms with Crippen LogP contribution in [-0.4, -0.2) is 36.1 Å². The standard InChI is InChI=1S/C20H25N3O4/c1-2-27-14-6-11-21-20(26)16-7-5-8-17(15-16)22-18(24)10-13-23-12-4-3-9-19(23)25/h3-5,7-9,12,15H,2,6,10-11,13-14H2,1H3,(H,21,26)(H,22,24). The molecule has 1 aromatic carbocycles. The van der Waals surface area contributed by atoms with Gasteiger partial charge in [-0.15, -0.1) is 0 Å². The first-order valence-electron chi connectivity index (χ1n) is 9.01.